The normalized spacial score (nSPS) is 10.2. The molecule has 0 bridgehead atoms. The number of carbonyl (C=O) groups excluding carboxylic acids is 2. The van der Waals surface area contributed by atoms with Crippen molar-refractivity contribution in [3.63, 3.8) is 0 Å². The number of anilines is 1. The quantitative estimate of drug-likeness (QED) is 0.879. The summed E-state index contributed by atoms with van der Waals surface area (Å²) in [4.78, 5) is 23.2. The zero-order chi connectivity index (χ0) is 15.4. The van der Waals surface area contributed by atoms with Gasteiger partial charge in [-0.15, -0.1) is 0 Å². The maximum atomic E-state index is 12.1. The van der Waals surface area contributed by atoms with E-state index in [4.69, 9.17) is 11.6 Å². The van der Waals surface area contributed by atoms with Crippen LogP contribution >= 0.6 is 11.6 Å². The highest BCUT2D eigenvalue weighted by Gasteiger charge is 2.12. The molecule has 0 atom stereocenters. The number of aryl methyl sites for hydroxylation is 1. The van der Waals surface area contributed by atoms with Crippen LogP contribution in [0.2, 0.25) is 5.02 Å². The second-order valence-corrected chi connectivity index (χ2v) is 4.85. The lowest BCUT2D eigenvalue weighted by Gasteiger charge is -2.05. The molecule has 1 aromatic carbocycles. The third kappa shape index (κ3) is 3.82. The minimum Gasteiger partial charge on any atom is -0.468 e. The lowest BCUT2D eigenvalue weighted by Crippen LogP contribution is -2.13. The first-order chi connectivity index (χ1) is 9.99. The van der Waals surface area contributed by atoms with Gasteiger partial charge in [-0.1, -0.05) is 17.7 Å². The van der Waals surface area contributed by atoms with E-state index in [0.29, 0.717) is 16.3 Å². The van der Waals surface area contributed by atoms with Gasteiger partial charge in [-0.05, 0) is 24.6 Å². The SMILES string of the molecule is COC(=O)Cn1cc(NC(=O)c2ccc(C)cc2Cl)cn1. The van der Waals surface area contributed by atoms with Gasteiger partial charge in [0.25, 0.3) is 5.91 Å². The number of amides is 1. The topological polar surface area (TPSA) is 73.2 Å². The van der Waals surface area contributed by atoms with E-state index in [-0.39, 0.29) is 12.5 Å². The highest BCUT2D eigenvalue weighted by molar-refractivity contribution is 6.34. The molecule has 0 saturated carbocycles. The van der Waals surface area contributed by atoms with E-state index >= 15 is 0 Å². The maximum Gasteiger partial charge on any atom is 0.327 e. The number of hydrogen-bond acceptors (Lipinski definition) is 4. The molecule has 1 aromatic heterocycles. The van der Waals surface area contributed by atoms with Crippen molar-refractivity contribution in [1.82, 2.24) is 9.78 Å². The number of methoxy groups -OCH3 is 1. The second kappa shape index (κ2) is 6.41. The van der Waals surface area contributed by atoms with E-state index in [1.54, 1.807) is 12.1 Å². The molecule has 0 spiro atoms. The average molecular weight is 308 g/mol. The number of nitrogens with one attached hydrogen (secondary N) is 1. The van der Waals surface area contributed by atoms with Crippen LogP contribution in [0.1, 0.15) is 15.9 Å². The number of rotatable bonds is 4. The molecule has 1 heterocycles. The van der Waals surface area contributed by atoms with E-state index < -0.39 is 5.97 Å². The van der Waals surface area contributed by atoms with E-state index in [1.165, 1.54) is 24.2 Å². The summed E-state index contributed by atoms with van der Waals surface area (Å²) in [6, 6.07) is 5.19. The number of aromatic nitrogens is 2. The smallest absolute Gasteiger partial charge is 0.327 e. The van der Waals surface area contributed by atoms with Crippen LogP contribution in [0.3, 0.4) is 0 Å². The first-order valence-electron chi connectivity index (χ1n) is 6.16. The number of carbonyl (C=O) groups is 2. The molecule has 7 heteroatoms. The Labute approximate surface area is 126 Å². The lowest BCUT2D eigenvalue weighted by atomic mass is 10.1. The molecule has 21 heavy (non-hydrogen) atoms. The van der Waals surface area contributed by atoms with Crippen molar-refractivity contribution in [2.45, 2.75) is 13.5 Å². The Morgan fingerprint density at radius 1 is 1.43 bits per heavy atom. The molecule has 0 fully saturated rings. The van der Waals surface area contributed by atoms with Gasteiger partial charge in [0.05, 0.1) is 29.6 Å². The van der Waals surface area contributed by atoms with Gasteiger partial charge in [-0.2, -0.15) is 5.10 Å². The van der Waals surface area contributed by atoms with Gasteiger partial charge in [-0.25, -0.2) is 0 Å². The predicted molar refractivity (Wildman–Crippen MR) is 78.4 cm³/mol. The standard InChI is InChI=1S/C14H14ClN3O3/c1-9-3-4-11(12(15)5-9)14(20)17-10-6-16-18(7-10)8-13(19)21-2/h3-7H,8H2,1-2H3,(H,17,20). The van der Waals surface area contributed by atoms with Crippen molar-refractivity contribution in [2.75, 3.05) is 12.4 Å². The highest BCUT2D eigenvalue weighted by Crippen LogP contribution is 2.19. The zero-order valence-corrected chi connectivity index (χ0v) is 12.3. The molecule has 0 saturated heterocycles. The van der Waals surface area contributed by atoms with Crippen LogP contribution < -0.4 is 5.32 Å². The molecule has 1 amide bonds. The monoisotopic (exact) mass is 307 g/mol. The number of halogens is 1. The Hall–Kier alpha value is -2.34. The van der Waals surface area contributed by atoms with E-state index in [1.807, 2.05) is 13.0 Å². The molecule has 2 aromatic rings. The number of esters is 1. The summed E-state index contributed by atoms with van der Waals surface area (Å²) in [5.41, 5.74) is 1.82. The van der Waals surface area contributed by atoms with E-state index in [9.17, 15) is 9.59 Å². The summed E-state index contributed by atoms with van der Waals surface area (Å²) in [5, 5.41) is 7.01. The Bertz CT molecular complexity index is 682. The molecule has 0 aliphatic heterocycles. The number of hydrogen-bond donors (Lipinski definition) is 1. The van der Waals surface area contributed by atoms with Crippen LogP contribution in [0, 0.1) is 6.92 Å². The molecule has 0 aliphatic carbocycles. The summed E-state index contributed by atoms with van der Waals surface area (Å²) in [6.45, 7) is 1.88. The van der Waals surface area contributed by atoms with E-state index in [0.717, 1.165) is 5.56 Å². The van der Waals surface area contributed by atoms with Gasteiger partial charge in [-0.3, -0.25) is 14.3 Å². The predicted octanol–water partition coefficient (Wildman–Crippen LogP) is 2.27. The molecular weight excluding hydrogens is 294 g/mol. The Morgan fingerprint density at radius 2 is 2.19 bits per heavy atom. The Kier molecular flexibility index (Phi) is 4.59. The Morgan fingerprint density at radius 3 is 2.86 bits per heavy atom. The number of ether oxygens (including phenoxy) is 1. The fraction of sp³-hybridized carbons (Fsp3) is 0.214. The van der Waals surface area contributed by atoms with Crippen molar-refractivity contribution in [2.24, 2.45) is 0 Å². The Balaban J connectivity index is 2.07. The number of nitrogens with zero attached hydrogens (tertiary/aromatic N) is 2. The maximum absolute atomic E-state index is 12.1. The molecule has 2 rings (SSSR count). The molecule has 110 valence electrons. The molecular formula is C14H14ClN3O3. The minimum absolute atomic E-state index is 0.0162. The summed E-state index contributed by atoms with van der Waals surface area (Å²) < 4.78 is 5.91. The van der Waals surface area contributed by atoms with Crippen LogP contribution in [0.25, 0.3) is 0 Å². The van der Waals surface area contributed by atoms with Crippen molar-refractivity contribution < 1.29 is 14.3 Å². The van der Waals surface area contributed by atoms with Crippen LogP contribution in [0.4, 0.5) is 5.69 Å². The second-order valence-electron chi connectivity index (χ2n) is 4.44. The molecule has 0 radical (unpaired) electrons. The van der Waals surface area contributed by atoms with Gasteiger partial charge < -0.3 is 10.1 Å². The first-order valence-corrected chi connectivity index (χ1v) is 6.54. The summed E-state index contributed by atoms with van der Waals surface area (Å²) >= 11 is 6.04. The summed E-state index contributed by atoms with van der Waals surface area (Å²) in [7, 11) is 1.30. The molecule has 0 aliphatic rings. The van der Waals surface area contributed by atoms with Crippen molar-refractivity contribution in [1.29, 1.82) is 0 Å². The zero-order valence-electron chi connectivity index (χ0n) is 11.6. The van der Waals surface area contributed by atoms with Crippen molar-refractivity contribution >= 4 is 29.2 Å². The number of benzene rings is 1. The van der Waals surface area contributed by atoms with Crippen molar-refractivity contribution in [3.8, 4) is 0 Å². The molecule has 0 unspecified atom stereocenters. The van der Waals surface area contributed by atoms with Crippen LogP contribution in [0.5, 0.6) is 0 Å². The lowest BCUT2D eigenvalue weighted by molar-refractivity contribution is -0.141. The first kappa shape index (κ1) is 15.1. The minimum atomic E-state index is -0.419. The largest absolute Gasteiger partial charge is 0.468 e. The molecule has 1 N–H and O–H groups in total. The van der Waals surface area contributed by atoms with Gasteiger partial charge in [0, 0.05) is 6.20 Å². The summed E-state index contributed by atoms with van der Waals surface area (Å²) in [5.74, 6) is -0.754. The summed E-state index contributed by atoms with van der Waals surface area (Å²) in [6.07, 6.45) is 2.99. The molecule has 6 nitrogen and oxygen atoms in total. The third-order valence-corrected chi connectivity index (χ3v) is 3.09. The van der Waals surface area contributed by atoms with Crippen LogP contribution in [-0.2, 0) is 16.1 Å². The van der Waals surface area contributed by atoms with Gasteiger partial charge in [0.1, 0.15) is 6.54 Å². The van der Waals surface area contributed by atoms with E-state index in [2.05, 4.69) is 15.2 Å². The van der Waals surface area contributed by atoms with Gasteiger partial charge >= 0.3 is 5.97 Å². The van der Waals surface area contributed by atoms with Gasteiger partial charge in [0.2, 0.25) is 0 Å². The van der Waals surface area contributed by atoms with Crippen molar-refractivity contribution in [3.05, 3.63) is 46.7 Å². The van der Waals surface area contributed by atoms with Crippen LogP contribution in [0.15, 0.2) is 30.6 Å². The third-order valence-electron chi connectivity index (χ3n) is 2.78. The fourth-order valence-electron chi connectivity index (χ4n) is 1.71. The highest BCUT2D eigenvalue weighted by atomic mass is 35.5. The van der Waals surface area contributed by atoms with Crippen LogP contribution in [-0.4, -0.2) is 28.8 Å². The fourth-order valence-corrected chi connectivity index (χ4v) is 2.04. The average Bonchev–Trinajstić information content (AvgIpc) is 2.85. The van der Waals surface area contributed by atoms with Gasteiger partial charge in [0.15, 0.2) is 0 Å².